The average molecular weight is 758 g/mol. The predicted octanol–water partition coefficient (Wildman–Crippen LogP) is 15.3. The van der Waals surface area contributed by atoms with Gasteiger partial charge in [-0.1, -0.05) is 184 Å². The summed E-state index contributed by atoms with van der Waals surface area (Å²) in [7, 11) is 0. The Morgan fingerprint density at radius 3 is 1.54 bits per heavy atom. The van der Waals surface area contributed by atoms with Crippen LogP contribution >= 0.6 is 0 Å². The maximum atomic E-state index is 7.00. The Hall–Kier alpha value is -7.49. The first-order valence-electron chi connectivity index (χ1n) is 20.2. The Balaban J connectivity index is 0.999. The van der Waals surface area contributed by atoms with Gasteiger partial charge in [0, 0.05) is 27.7 Å². The minimum atomic E-state index is -0.146. The molecule has 11 rings (SSSR count). The van der Waals surface area contributed by atoms with Crippen molar-refractivity contribution < 1.29 is 9.47 Å². The molecule has 0 atom stereocenters. The largest absolute Gasteiger partial charge is 0.449 e. The van der Waals surface area contributed by atoms with Crippen molar-refractivity contribution in [3.8, 4) is 101 Å². The number of nitrogens with zero attached hydrogens (tertiary/aromatic N) is 1. The van der Waals surface area contributed by atoms with Crippen LogP contribution in [0.1, 0.15) is 25.0 Å². The number of hydrogen-bond acceptors (Lipinski definition) is 3. The molecular weight excluding hydrogens is 719 g/mol. The van der Waals surface area contributed by atoms with Gasteiger partial charge in [-0.05, 0) is 86.0 Å². The first kappa shape index (κ1) is 34.7. The molecule has 59 heavy (non-hydrogen) atoms. The molecule has 3 heteroatoms. The molecule has 0 amide bonds. The number of pyridine rings is 1. The molecule has 0 N–H and O–H groups in total. The normalized spacial score (nSPS) is 13.0. The van der Waals surface area contributed by atoms with Gasteiger partial charge in [-0.3, -0.25) is 0 Å². The molecule has 2 heterocycles. The van der Waals surface area contributed by atoms with E-state index in [1.165, 1.54) is 38.9 Å². The Morgan fingerprint density at radius 2 is 0.847 bits per heavy atom. The van der Waals surface area contributed by atoms with Gasteiger partial charge in [0.1, 0.15) is 0 Å². The van der Waals surface area contributed by atoms with Gasteiger partial charge < -0.3 is 9.47 Å². The van der Waals surface area contributed by atoms with Gasteiger partial charge in [0.05, 0.1) is 11.4 Å². The Labute approximate surface area is 344 Å². The number of fused-ring (bicyclic) bond motifs is 6. The van der Waals surface area contributed by atoms with Crippen molar-refractivity contribution in [2.24, 2.45) is 0 Å². The van der Waals surface area contributed by atoms with Crippen LogP contribution in [-0.2, 0) is 5.41 Å². The van der Waals surface area contributed by atoms with E-state index in [9.17, 15) is 0 Å². The van der Waals surface area contributed by atoms with Crippen LogP contribution in [0.25, 0.3) is 78.1 Å². The lowest BCUT2D eigenvalue weighted by molar-refractivity contribution is 0.361. The summed E-state index contributed by atoms with van der Waals surface area (Å²) in [6.45, 7) is 4.57. The second-order valence-corrected chi connectivity index (χ2v) is 15.9. The highest BCUT2D eigenvalue weighted by Gasteiger charge is 2.39. The van der Waals surface area contributed by atoms with Crippen LogP contribution in [0.15, 0.2) is 200 Å². The fraction of sp³-hybridized carbons (Fsp3) is 0.0536. The first-order chi connectivity index (χ1) is 29.0. The van der Waals surface area contributed by atoms with Gasteiger partial charge in [-0.2, -0.15) is 0 Å². The molecule has 1 aliphatic carbocycles. The van der Waals surface area contributed by atoms with Crippen molar-refractivity contribution in [1.29, 1.82) is 0 Å². The molecule has 0 bridgehead atoms. The molecule has 0 saturated heterocycles. The van der Waals surface area contributed by atoms with Crippen LogP contribution in [0.2, 0.25) is 0 Å². The number of ether oxygens (including phenoxy) is 2. The van der Waals surface area contributed by atoms with Crippen molar-refractivity contribution in [2.75, 3.05) is 0 Å². The van der Waals surface area contributed by atoms with Crippen LogP contribution in [0.5, 0.6) is 23.0 Å². The number of para-hydroxylation sites is 1. The standard InChI is InChI=1S/C56H39NO2/c1-56(2)47-21-10-9-19-46(47)53-48(56)31-32-52-55(53)59-54-45(20-12-22-51(54)58-52)42-17-11-18-43(33-42)50-35-44(40-25-23-38(24-26-40)36-13-5-3-6-14-36)34-49(57-50)41-29-27-39(28-30-41)37-15-7-4-8-16-37/h3-35H,1-2H3. The summed E-state index contributed by atoms with van der Waals surface area (Å²) >= 11 is 0. The molecule has 0 saturated carbocycles. The lowest BCUT2D eigenvalue weighted by Gasteiger charge is -2.26. The second kappa shape index (κ2) is 13.9. The van der Waals surface area contributed by atoms with E-state index in [2.05, 4.69) is 196 Å². The Bertz CT molecular complexity index is 2940. The van der Waals surface area contributed by atoms with Crippen LogP contribution < -0.4 is 9.47 Å². The Morgan fingerprint density at radius 1 is 0.339 bits per heavy atom. The van der Waals surface area contributed by atoms with Gasteiger partial charge in [-0.15, -0.1) is 0 Å². The monoisotopic (exact) mass is 757 g/mol. The molecule has 0 radical (unpaired) electrons. The maximum absolute atomic E-state index is 7.00. The molecule has 1 aromatic heterocycles. The third kappa shape index (κ3) is 6.02. The summed E-state index contributed by atoms with van der Waals surface area (Å²) in [6, 6.07) is 70.6. The molecular formula is C56H39NO2. The summed E-state index contributed by atoms with van der Waals surface area (Å²) in [4.78, 5) is 5.34. The predicted molar refractivity (Wildman–Crippen MR) is 241 cm³/mol. The summed E-state index contributed by atoms with van der Waals surface area (Å²) < 4.78 is 13.6. The fourth-order valence-electron chi connectivity index (χ4n) is 8.86. The topological polar surface area (TPSA) is 31.4 Å². The van der Waals surface area contributed by atoms with Crippen molar-refractivity contribution in [2.45, 2.75) is 19.3 Å². The molecule has 0 unspecified atom stereocenters. The van der Waals surface area contributed by atoms with E-state index in [0.717, 1.165) is 61.8 Å². The molecule has 0 spiro atoms. The highest BCUT2D eigenvalue weighted by molar-refractivity contribution is 5.89. The van der Waals surface area contributed by atoms with Crippen molar-refractivity contribution in [1.82, 2.24) is 4.98 Å². The number of benzene rings is 8. The Kier molecular flexibility index (Phi) is 8.16. The molecule has 9 aromatic rings. The number of rotatable bonds is 6. The molecule has 1 aliphatic heterocycles. The number of aromatic nitrogens is 1. The zero-order valence-corrected chi connectivity index (χ0v) is 32.8. The van der Waals surface area contributed by atoms with Gasteiger partial charge >= 0.3 is 0 Å². The van der Waals surface area contributed by atoms with Crippen LogP contribution in [0.4, 0.5) is 0 Å². The minimum Gasteiger partial charge on any atom is -0.449 e. The third-order valence-corrected chi connectivity index (χ3v) is 12.0. The third-order valence-electron chi connectivity index (χ3n) is 12.0. The highest BCUT2D eigenvalue weighted by atomic mass is 16.6. The van der Waals surface area contributed by atoms with E-state index in [-0.39, 0.29) is 5.41 Å². The van der Waals surface area contributed by atoms with Gasteiger partial charge in [-0.25, -0.2) is 4.98 Å². The van der Waals surface area contributed by atoms with Gasteiger partial charge in [0.15, 0.2) is 23.0 Å². The minimum absolute atomic E-state index is 0.146. The molecule has 0 fully saturated rings. The quantitative estimate of drug-likeness (QED) is 0.169. The zero-order valence-electron chi connectivity index (χ0n) is 32.8. The van der Waals surface area contributed by atoms with Crippen LogP contribution in [0, 0.1) is 0 Å². The smallest absolute Gasteiger partial charge is 0.178 e. The maximum Gasteiger partial charge on any atom is 0.178 e. The summed E-state index contributed by atoms with van der Waals surface area (Å²) in [6.07, 6.45) is 0. The summed E-state index contributed by atoms with van der Waals surface area (Å²) in [5, 5.41) is 0. The summed E-state index contributed by atoms with van der Waals surface area (Å²) in [5.74, 6) is 2.92. The average Bonchev–Trinajstić information content (AvgIpc) is 3.54. The number of hydrogen-bond donors (Lipinski definition) is 0. The van der Waals surface area contributed by atoms with E-state index < -0.39 is 0 Å². The molecule has 2 aliphatic rings. The van der Waals surface area contributed by atoms with E-state index in [1.54, 1.807) is 0 Å². The van der Waals surface area contributed by atoms with Crippen LogP contribution in [-0.4, -0.2) is 4.98 Å². The zero-order chi connectivity index (χ0) is 39.5. The summed E-state index contributed by atoms with van der Waals surface area (Å²) in [5.41, 5.74) is 17.5. The highest BCUT2D eigenvalue weighted by Crippen LogP contribution is 2.59. The van der Waals surface area contributed by atoms with Gasteiger partial charge in [0.2, 0.25) is 0 Å². The first-order valence-corrected chi connectivity index (χ1v) is 20.2. The van der Waals surface area contributed by atoms with Gasteiger partial charge in [0.25, 0.3) is 0 Å². The SMILES string of the molecule is CC1(C)c2ccccc2-c2c1ccc1c2Oc2c(cccc2-c2cccc(-c3cc(-c4ccc(-c5ccccc5)cc4)cc(-c4ccc(-c5ccccc5)cc4)n3)c2)O1. The molecule has 3 nitrogen and oxygen atoms in total. The van der Waals surface area contributed by atoms with E-state index in [1.807, 2.05) is 18.2 Å². The van der Waals surface area contributed by atoms with Crippen LogP contribution in [0.3, 0.4) is 0 Å². The second-order valence-electron chi connectivity index (χ2n) is 15.9. The van der Waals surface area contributed by atoms with E-state index in [0.29, 0.717) is 11.5 Å². The van der Waals surface area contributed by atoms with E-state index in [4.69, 9.17) is 14.5 Å². The lowest BCUT2D eigenvalue weighted by atomic mass is 9.82. The fourth-order valence-corrected chi connectivity index (χ4v) is 8.86. The molecule has 280 valence electrons. The molecule has 8 aromatic carbocycles. The van der Waals surface area contributed by atoms with Crippen molar-refractivity contribution >= 4 is 0 Å². The van der Waals surface area contributed by atoms with E-state index >= 15 is 0 Å². The lowest BCUT2D eigenvalue weighted by Crippen LogP contribution is -2.15. The van der Waals surface area contributed by atoms with Crippen molar-refractivity contribution in [3.05, 3.63) is 211 Å². The van der Waals surface area contributed by atoms with Crippen molar-refractivity contribution in [3.63, 3.8) is 0 Å².